The summed E-state index contributed by atoms with van der Waals surface area (Å²) in [5.74, 6) is -0.634. The maximum atomic E-state index is 13.2. The van der Waals surface area contributed by atoms with Crippen molar-refractivity contribution in [2.75, 3.05) is 10.6 Å². The fourth-order valence-electron chi connectivity index (χ4n) is 3.24. The van der Waals surface area contributed by atoms with Gasteiger partial charge in [0.1, 0.15) is 11.2 Å². The van der Waals surface area contributed by atoms with Gasteiger partial charge in [0, 0.05) is 23.3 Å². The Balaban J connectivity index is 1.67. The molecule has 0 fully saturated rings. The van der Waals surface area contributed by atoms with Crippen LogP contribution in [0.3, 0.4) is 0 Å². The summed E-state index contributed by atoms with van der Waals surface area (Å²) in [6.45, 7) is 1.12. The molecule has 162 valence electrons. The molecule has 2 heterocycles. The summed E-state index contributed by atoms with van der Waals surface area (Å²) in [4.78, 5) is 50.0. The summed E-state index contributed by atoms with van der Waals surface area (Å²) in [7, 11) is 0. The number of nitrogens with zero attached hydrogens (tertiary/aromatic N) is 2. The Morgan fingerprint density at radius 1 is 0.938 bits per heavy atom. The first-order valence-electron chi connectivity index (χ1n) is 9.50. The summed E-state index contributed by atoms with van der Waals surface area (Å²) in [6.07, 6.45) is 0. The second-order valence-corrected chi connectivity index (χ2v) is 8.28. The molecule has 4 aromatic rings. The number of aromatic nitrogens is 2. The highest BCUT2D eigenvalue weighted by Gasteiger charge is 2.17. The summed E-state index contributed by atoms with van der Waals surface area (Å²) in [6, 6.07) is 14.6. The van der Waals surface area contributed by atoms with Gasteiger partial charge in [-0.1, -0.05) is 11.6 Å². The Morgan fingerprint density at radius 3 is 2.19 bits per heavy atom. The van der Waals surface area contributed by atoms with E-state index in [1.165, 1.54) is 22.8 Å². The molecule has 10 heteroatoms. The molecule has 0 radical (unpaired) electrons. The standard InChI is InChI=1S/C22H17ClN4O4S/c1-13(28)24-15-4-6-16(7-5-15)25-19(29)12-26-18-10-11-32-20(18)21(30)27(22(26)31)17-8-2-14(23)3-9-17/h2-11H,12H2,1H3,(H,24,28)(H,25,29). The van der Waals surface area contributed by atoms with Crippen molar-refractivity contribution in [3.63, 3.8) is 0 Å². The van der Waals surface area contributed by atoms with E-state index >= 15 is 0 Å². The predicted octanol–water partition coefficient (Wildman–Crippen LogP) is 3.46. The van der Waals surface area contributed by atoms with E-state index in [9.17, 15) is 19.2 Å². The molecule has 2 amide bonds. The van der Waals surface area contributed by atoms with Gasteiger partial charge in [-0.2, -0.15) is 0 Å². The summed E-state index contributed by atoms with van der Waals surface area (Å²) >= 11 is 7.13. The van der Waals surface area contributed by atoms with Gasteiger partial charge in [-0.05, 0) is 60.0 Å². The highest BCUT2D eigenvalue weighted by atomic mass is 35.5. The van der Waals surface area contributed by atoms with Crippen molar-refractivity contribution in [1.29, 1.82) is 0 Å². The van der Waals surface area contributed by atoms with Crippen molar-refractivity contribution in [3.05, 3.63) is 85.8 Å². The lowest BCUT2D eigenvalue weighted by Crippen LogP contribution is -2.40. The number of halogens is 1. The van der Waals surface area contributed by atoms with Gasteiger partial charge < -0.3 is 10.6 Å². The van der Waals surface area contributed by atoms with Crippen molar-refractivity contribution in [2.45, 2.75) is 13.5 Å². The number of anilines is 2. The zero-order valence-electron chi connectivity index (χ0n) is 16.8. The van der Waals surface area contributed by atoms with Crippen molar-refractivity contribution in [3.8, 4) is 5.69 Å². The van der Waals surface area contributed by atoms with Gasteiger partial charge in [-0.15, -0.1) is 11.3 Å². The largest absolute Gasteiger partial charge is 0.336 e. The van der Waals surface area contributed by atoms with Crippen LogP contribution < -0.4 is 21.9 Å². The second kappa shape index (κ2) is 8.81. The van der Waals surface area contributed by atoms with Gasteiger partial charge >= 0.3 is 5.69 Å². The van der Waals surface area contributed by atoms with Gasteiger partial charge in [0.15, 0.2) is 0 Å². The van der Waals surface area contributed by atoms with Gasteiger partial charge in [0.2, 0.25) is 11.8 Å². The van der Waals surface area contributed by atoms with Crippen LogP contribution in [0.2, 0.25) is 5.02 Å². The van der Waals surface area contributed by atoms with Crippen molar-refractivity contribution >= 4 is 56.3 Å². The molecule has 2 aromatic carbocycles. The minimum Gasteiger partial charge on any atom is -0.326 e. The molecule has 4 rings (SSSR count). The van der Waals surface area contributed by atoms with Crippen LogP contribution in [-0.2, 0) is 16.1 Å². The number of hydrogen-bond acceptors (Lipinski definition) is 5. The highest BCUT2D eigenvalue weighted by molar-refractivity contribution is 7.17. The van der Waals surface area contributed by atoms with Gasteiger partial charge in [-0.3, -0.25) is 19.0 Å². The number of amides is 2. The molecular formula is C22H17ClN4O4S. The van der Waals surface area contributed by atoms with Crippen LogP contribution in [0.15, 0.2) is 69.6 Å². The number of fused-ring (bicyclic) bond motifs is 1. The molecule has 2 N–H and O–H groups in total. The first kappa shape index (κ1) is 21.5. The molecule has 0 spiro atoms. The van der Waals surface area contributed by atoms with Crippen LogP contribution in [-0.4, -0.2) is 20.9 Å². The van der Waals surface area contributed by atoms with Crippen LogP contribution in [0, 0.1) is 0 Å². The van der Waals surface area contributed by atoms with E-state index in [1.54, 1.807) is 60.0 Å². The second-order valence-electron chi connectivity index (χ2n) is 6.93. The summed E-state index contributed by atoms with van der Waals surface area (Å²) < 4.78 is 2.67. The minimum absolute atomic E-state index is 0.197. The number of carbonyl (C=O) groups excluding carboxylic acids is 2. The SMILES string of the molecule is CC(=O)Nc1ccc(NC(=O)Cn2c(=O)n(-c3ccc(Cl)cc3)c(=O)c3sccc32)cc1. The third kappa shape index (κ3) is 4.34. The monoisotopic (exact) mass is 468 g/mol. The number of benzene rings is 2. The molecule has 2 aromatic heterocycles. The van der Waals surface area contributed by atoms with E-state index in [0.717, 1.165) is 4.57 Å². The summed E-state index contributed by atoms with van der Waals surface area (Å²) in [5.41, 5.74) is 0.784. The minimum atomic E-state index is -0.626. The zero-order chi connectivity index (χ0) is 22.8. The average Bonchev–Trinajstić information content (AvgIpc) is 3.24. The quantitative estimate of drug-likeness (QED) is 0.468. The van der Waals surface area contributed by atoms with Crippen LogP contribution >= 0.6 is 22.9 Å². The number of nitrogens with one attached hydrogen (secondary N) is 2. The van der Waals surface area contributed by atoms with E-state index in [0.29, 0.717) is 32.3 Å². The van der Waals surface area contributed by atoms with Crippen LogP contribution in [0.4, 0.5) is 11.4 Å². The molecule has 8 nitrogen and oxygen atoms in total. The number of rotatable bonds is 5. The molecule has 0 unspecified atom stereocenters. The molecule has 0 bridgehead atoms. The van der Waals surface area contributed by atoms with E-state index in [2.05, 4.69) is 10.6 Å². The van der Waals surface area contributed by atoms with E-state index in [4.69, 9.17) is 11.6 Å². The molecule has 0 aliphatic heterocycles. The highest BCUT2D eigenvalue weighted by Crippen LogP contribution is 2.18. The Morgan fingerprint density at radius 2 is 1.56 bits per heavy atom. The Kier molecular flexibility index (Phi) is 5.93. The Labute approximate surface area is 190 Å². The van der Waals surface area contributed by atoms with Crippen molar-refractivity contribution in [1.82, 2.24) is 9.13 Å². The van der Waals surface area contributed by atoms with E-state index in [-0.39, 0.29) is 12.5 Å². The Hall–Kier alpha value is -3.69. The molecule has 0 aliphatic carbocycles. The first-order chi connectivity index (χ1) is 15.3. The number of carbonyl (C=O) groups is 2. The third-order valence-corrected chi connectivity index (χ3v) is 5.77. The maximum absolute atomic E-state index is 13.2. The van der Waals surface area contributed by atoms with E-state index < -0.39 is 17.2 Å². The van der Waals surface area contributed by atoms with Gasteiger partial charge in [0.05, 0.1) is 11.2 Å². The number of hydrogen-bond donors (Lipinski definition) is 2. The predicted molar refractivity (Wildman–Crippen MR) is 126 cm³/mol. The van der Waals surface area contributed by atoms with Gasteiger partial charge in [0.25, 0.3) is 5.56 Å². The summed E-state index contributed by atoms with van der Waals surface area (Å²) in [5, 5.41) is 7.54. The normalized spacial score (nSPS) is 10.8. The molecule has 0 saturated carbocycles. The molecule has 0 atom stereocenters. The smallest absolute Gasteiger partial charge is 0.326 e. The van der Waals surface area contributed by atoms with Gasteiger partial charge in [-0.25, -0.2) is 9.36 Å². The lowest BCUT2D eigenvalue weighted by molar-refractivity contribution is -0.117. The van der Waals surface area contributed by atoms with Crippen LogP contribution in [0.25, 0.3) is 15.9 Å². The van der Waals surface area contributed by atoms with Crippen molar-refractivity contribution < 1.29 is 9.59 Å². The molecule has 32 heavy (non-hydrogen) atoms. The zero-order valence-corrected chi connectivity index (χ0v) is 18.4. The third-order valence-electron chi connectivity index (χ3n) is 4.63. The molecule has 0 aliphatic rings. The van der Waals surface area contributed by atoms with Crippen LogP contribution in [0.5, 0.6) is 0 Å². The fourth-order valence-corrected chi connectivity index (χ4v) is 4.19. The van der Waals surface area contributed by atoms with Crippen molar-refractivity contribution in [2.24, 2.45) is 0 Å². The maximum Gasteiger partial charge on any atom is 0.336 e. The first-order valence-corrected chi connectivity index (χ1v) is 10.8. The molecular weight excluding hydrogens is 452 g/mol. The lowest BCUT2D eigenvalue weighted by atomic mass is 10.2. The topological polar surface area (TPSA) is 102 Å². The van der Waals surface area contributed by atoms with E-state index in [1.807, 2.05) is 0 Å². The molecule has 0 saturated heterocycles. The fraction of sp³-hybridized carbons (Fsp3) is 0.0909. The number of thiophene rings is 1. The average molecular weight is 469 g/mol. The Bertz CT molecular complexity index is 1440. The lowest BCUT2D eigenvalue weighted by Gasteiger charge is -2.13. The van der Waals surface area contributed by atoms with Crippen LogP contribution in [0.1, 0.15) is 6.92 Å².